The number of amides is 1. The van der Waals surface area contributed by atoms with E-state index in [0.717, 1.165) is 31.5 Å². The third-order valence-corrected chi connectivity index (χ3v) is 5.33. The molecule has 8 nitrogen and oxygen atoms in total. The SMILES string of the molecule is COCC1(CNC(=O)c2ncoc2-c2ccc3c(c2)OCCO3)CCNCC1.Cl.Cl. The first-order chi connectivity index (χ1) is 13.7. The van der Waals surface area contributed by atoms with Crippen LogP contribution < -0.4 is 20.1 Å². The van der Waals surface area contributed by atoms with Crippen molar-refractivity contribution >= 4 is 30.7 Å². The number of carbonyl (C=O) groups is 1. The molecule has 1 aromatic carbocycles. The fraction of sp³-hybridized carbons (Fsp3) is 0.500. The van der Waals surface area contributed by atoms with Gasteiger partial charge in [0.15, 0.2) is 29.3 Å². The van der Waals surface area contributed by atoms with E-state index in [1.807, 2.05) is 18.2 Å². The van der Waals surface area contributed by atoms with Crippen LogP contribution in [-0.4, -0.2) is 57.5 Å². The van der Waals surface area contributed by atoms with Crippen LogP contribution in [-0.2, 0) is 4.74 Å². The molecule has 1 aromatic heterocycles. The van der Waals surface area contributed by atoms with E-state index in [1.165, 1.54) is 6.39 Å². The first-order valence-corrected chi connectivity index (χ1v) is 9.52. The zero-order valence-corrected chi connectivity index (χ0v) is 18.4. The van der Waals surface area contributed by atoms with E-state index in [0.29, 0.717) is 43.6 Å². The van der Waals surface area contributed by atoms with Gasteiger partial charge >= 0.3 is 0 Å². The van der Waals surface area contributed by atoms with Gasteiger partial charge in [-0.15, -0.1) is 24.8 Å². The Morgan fingerprint density at radius 1 is 1.20 bits per heavy atom. The van der Waals surface area contributed by atoms with Crippen LogP contribution in [0.15, 0.2) is 29.0 Å². The Labute approximate surface area is 187 Å². The molecular weight excluding hydrogens is 433 g/mol. The lowest BCUT2D eigenvalue weighted by Gasteiger charge is -2.37. The highest BCUT2D eigenvalue weighted by Gasteiger charge is 2.33. The monoisotopic (exact) mass is 459 g/mol. The number of benzene rings is 1. The molecule has 0 aliphatic carbocycles. The third-order valence-electron chi connectivity index (χ3n) is 5.33. The van der Waals surface area contributed by atoms with Gasteiger partial charge < -0.3 is 29.3 Å². The standard InChI is InChI=1S/C20H25N3O5.2ClH/c1-25-12-20(4-6-21-7-5-20)11-22-19(24)17-18(28-13-23-17)14-2-3-15-16(10-14)27-9-8-26-15;;/h2-3,10,13,21H,4-9,11-12H2,1H3,(H,22,24);2*1H. The highest BCUT2D eigenvalue weighted by molar-refractivity contribution is 5.97. The summed E-state index contributed by atoms with van der Waals surface area (Å²) in [6, 6.07) is 5.46. The van der Waals surface area contributed by atoms with Gasteiger partial charge in [0, 0.05) is 24.6 Å². The predicted molar refractivity (Wildman–Crippen MR) is 116 cm³/mol. The number of rotatable bonds is 6. The summed E-state index contributed by atoms with van der Waals surface area (Å²) in [5, 5.41) is 6.38. The number of halogens is 2. The lowest BCUT2D eigenvalue weighted by Crippen LogP contribution is -2.47. The maximum absolute atomic E-state index is 12.8. The van der Waals surface area contributed by atoms with Gasteiger partial charge in [-0.25, -0.2) is 4.98 Å². The number of ether oxygens (including phenoxy) is 3. The Bertz CT molecular complexity index is 834. The number of hydrogen-bond acceptors (Lipinski definition) is 7. The number of fused-ring (bicyclic) bond motifs is 1. The topological polar surface area (TPSA) is 94.9 Å². The molecule has 0 bridgehead atoms. The van der Waals surface area contributed by atoms with Gasteiger partial charge in [-0.2, -0.15) is 0 Å². The first-order valence-electron chi connectivity index (χ1n) is 9.52. The molecule has 2 aliphatic rings. The molecule has 0 saturated carbocycles. The summed E-state index contributed by atoms with van der Waals surface area (Å²) in [5.74, 6) is 1.49. The smallest absolute Gasteiger partial charge is 0.273 e. The molecule has 2 aromatic rings. The fourth-order valence-electron chi connectivity index (χ4n) is 3.78. The molecule has 1 amide bonds. The van der Waals surface area contributed by atoms with E-state index < -0.39 is 0 Å². The lowest BCUT2D eigenvalue weighted by atomic mass is 9.79. The molecule has 0 atom stereocenters. The molecule has 10 heteroatoms. The van der Waals surface area contributed by atoms with Gasteiger partial charge in [-0.05, 0) is 44.1 Å². The average Bonchev–Trinajstić information content (AvgIpc) is 3.23. The van der Waals surface area contributed by atoms with Crippen LogP contribution in [0.5, 0.6) is 11.5 Å². The summed E-state index contributed by atoms with van der Waals surface area (Å²) in [6.07, 6.45) is 3.19. The second kappa shape index (κ2) is 10.9. The molecule has 2 aliphatic heterocycles. The van der Waals surface area contributed by atoms with Crippen LogP contribution in [0.1, 0.15) is 23.3 Å². The largest absolute Gasteiger partial charge is 0.486 e. The zero-order chi connectivity index (χ0) is 19.4. The first kappa shape index (κ1) is 24.3. The number of piperidine rings is 1. The molecule has 3 heterocycles. The Morgan fingerprint density at radius 2 is 1.93 bits per heavy atom. The van der Waals surface area contributed by atoms with E-state index in [2.05, 4.69) is 15.6 Å². The minimum absolute atomic E-state index is 0. The number of hydrogen-bond donors (Lipinski definition) is 2. The van der Waals surface area contributed by atoms with Gasteiger partial charge in [0.1, 0.15) is 13.2 Å². The summed E-state index contributed by atoms with van der Waals surface area (Å²) in [4.78, 5) is 17.0. The third kappa shape index (κ3) is 5.18. The van der Waals surface area contributed by atoms with Crippen molar-refractivity contribution in [1.29, 1.82) is 0 Å². The Balaban J connectivity index is 0.00000160. The summed E-state index contributed by atoms with van der Waals surface area (Å²) >= 11 is 0. The summed E-state index contributed by atoms with van der Waals surface area (Å²) < 4.78 is 22.1. The van der Waals surface area contributed by atoms with Gasteiger partial charge in [-0.1, -0.05) is 0 Å². The molecule has 0 unspecified atom stereocenters. The van der Waals surface area contributed by atoms with Crippen LogP contribution in [0.25, 0.3) is 11.3 Å². The maximum Gasteiger partial charge on any atom is 0.273 e. The molecule has 2 N–H and O–H groups in total. The van der Waals surface area contributed by atoms with Crippen molar-refractivity contribution in [2.75, 3.05) is 46.6 Å². The van der Waals surface area contributed by atoms with Crippen molar-refractivity contribution in [2.45, 2.75) is 12.8 Å². The number of oxazole rings is 1. The number of methoxy groups -OCH3 is 1. The normalized spacial score (nSPS) is 16.7. The van der Waals surface area contributed by atoms with Crippen molar-refractivity contribution in [3.63, 3.8) is 0 Å². The van der Waals surface area contributed by atoms with Crippen LogP contribution in [0.2, 0.25) is 0 Å². The summed E-state index contributed by atoms with van der Waals surface area (Å²) in [7, 11) is 1.70. The predicted octanol–water partition coefficient (Wildman–Crippen LogP) is 2.70. The Kier molecular flexibility index (Phi) is 8.78. The molecule has 1 saturated heterocycles. The van der Waals surface area contributed by atoms with E-state index >= 15 is 0 Å². The average molecular weight is 460 g/mol. The molecule has 4 rings (SSSR count). The molecule has 166 valence electrons. The maximum atomic E-state index is 12.8. The van der Waals surface area contributed by atoms with Gasteiger partial charge in [0.25, 0.3) is 5.91 Å². The number of aromatic nitrogens is 1. The van der Waals surface area contributed by atoms with Crippen molar-refractivity contribution in [1.82, 2.24) is 15.6 Å². The lowest BCUT2D eigenvalue weighted by molar-refractivity contribution is 0.0511. The van der Waals surface area contributed by atoms with E-state index in [9.17, 15) is 4.79 Å². The Morgan fingerprint density at radius 3 is 2.67 bits per heavy atom. The van der Waals surface area contributed by atoms with E-state index in [4.69, 9.17) is 18.6 Å². The minimum atomic E-state index is -0.257. The van der Waals surface area contributed by atoms with E-state index in [-0.39, 0.29) is 41.8 Å². The quantitative estimate of drug-likeness (QED) is 0.685. The second-order valence-corrected chi connectivity index (χ2v) is 7.25. The molecule has 0 radical (unpaired) electrons. The van der Waals surface area contributed by atoms with Crippen LogP contribution >= 0.6 is 24.8 Å². The van der Waals surface area contributed by atoms with Crippen molar-refractivity contribution in [2.24, 2.45) is 5.41 Å². The molecular formula is C20H27Cl2N3O5. The van der Waals surface area contributed by atoms with Gasteiger partial charge in [0.2, 0.25) is 0 Å². The summed E-state index contributed by atoms with van der Waals surface area (Å²) in [5.41, 5.74) is 0.926. The molecule has 0 spiro atoms. The summed E-state index contributed by atoms with van der Waals surface area (Å²) in [6.45, 7) is 4.02. The van der Waals surface area contributed by atoms with E-state index in [1.54, 1.807) is 7.11 Å². The number of nitrogens with zero attached hydrogens (tertiary/aromatic N) is 1. The minimum Gasteiger partial charge on any atom is -0.486 e. The second-order valence-electron chi connectivity index (χ2n) is 7.25. The Hall–Kier alpha value is -2.00. The van der Waals surface area contributed by atoms with Crippen molar-refractivity contribution in [3.8, 4) is 22.8 Å². The van der Waals surface area contributed by atoms with Crippen LogP contribution in [0.3, 0.4) is 0 Å². The number of carbonyl (C=O) groups excluding carboxylic acids is 1. The fourth-order valence-corrected chi connectivity index (χ4v) is 3.78. The number of nitrogens with one attached hydrogen (secondary N) is 2. The van der Waals surface area contributed by atoms with Crippen molar-refractivity contribution < 1.29 is 23.4 Å². The van der Waals surface area contributed by atoms with Gasteiger partial charge in [0.05, 0.1) is 6.61 Å². The molecule has 1 fully saturated rings. The molecule has 30 heavy (non-hydrogen) atoms. The highest BCUT2D eigenvalue weighted by Crippen LogP contribution is 2.35. The zero-order valence-electron chi connectivity index (χ0n) is 16.8. The van der Waals surface area contributed by atoms with Crippen LogP contribution in [0.4, 0.5) is 0 Å². The van der Waals surface area contributed by atoms with Crippen LogP contribution in [0, 0.1) is 5.41 Å². The highest BCUT2D eigenvalue weighted by atomic mass is 35.5. The van der Waals surface area contributed by atoms with Crippen molar-refractivity contribution in [3.05, 3.63) is 30.3 Å². The van der Waals surface area contributed by atoms with Gasteiger partial charge in [-0.3, -0.25) is 4.79 Å².